The van der Waals surface area contributed by atoms with Gasteiger partial charge in [0.2, 0.25) is 0 Å². The number of aliphatic hydroxyl groups is 1. The third-order valence-corrected chi connectivity index (χ3v) is 7.00. The molecule has 190 valence electrons. The largest absolute Gasteiger partial charge is 0.497 e. The Morgan fingerprint density at radius 3 is 2.31 bits per heavy atom. The summed E-state index contributed by atoms with van der Waals surface area (Å²) in [5.74, 6) is 1.06. The number of benzene rings is 2. The molecule has 36 heavy (non-hydrogen) atoms. The van der Waals surface area contributed by atoms with Crippen molar-refractivity contribution in [2.24, 2.45) is 0 Å². The fraction of sp³-hybridized carbons (Fsp3) is 0.370. The van der Waals surface area contributed by atoms with Gasteiger partial charge in [0.25, 0.3) is 0 Å². The molecule has 0 bridgehead atoms. The number of β-amino-alcohol motifs (C(OH)–C–C–N with tert-alkyl or cyclic N) is 1. The summed E-state index contributed by atoms with van der Waals surface area (Å²) in [6.07, 6.45) is -1.24. The van der Waals surface area contributed by atoms with Crippen molar-refractivity contribution in [3.8, 4) is 28.3 Å². The Bertz CT molecular complexity index is 1340. The van der Waals surface area contributed by atoms with Gasteiger partial charge in [0.05, 0.1) is 31.6 Å². The van der Waals surface area contributed by atoms with Crippen LogP contribution in [-0.2, 0) is 19.0 Å². The number of methoxy groups -OCH3 is 2. The second kappa shape index (κ2) is 9.20. The SMILES string of the molecule is COc1cc(OC)cc(-n2cc(-c3cc(N4CCC(O)C4)ccc3C(F)(F)F)c(=O)c3c2CCC3)c1. The molecular weight excluding hydrogens is 473 g/mol. The van der Waals surface area contributed by atoms with Gasteiger partial charge < -0.3 is 24.0 Å². The fourth-order valence-corrected chi connectivity index (χ4v) is 5.20. The number of hydrogen-bond donors (Lipinski definition) is 1. The number of pyridine rings is 1. The van der Waals surface area contributed by atoms with Gasteiger partial charge in [-0.05, 0) is 43.9 Å². The van der Waals surface area contributed by atoms with Gasteiger partial charge in [0.15, 0.2) is 5.43 Å². The van der Waals surface area contributed by atoms with Crippen LogP contribution in [0.25, 0.3) is 16.8 Å². The monoisotopic (exact) mass is 500 g/mol. The van der Waals surface area contributed by atoms with Crippen LogP contribution in [0.3, 0.4) is 0 Å². The van der Waals surface area contributed by atoms with Crippen molar-refractivity contribution < 1.29 is 27.8 Å². The topological polar surface area (TPSA) is 63.9 Å². The Morgan fingerprint density at radius 1 is 0.972 bits per heavy atom. The van der Waals surface area contributed by atoms with Crippen LogP contribution < -0.4 is 19.8 Å². The number of aromatic nitrogens is 1. The van der Waals surface area contributed by atoms with Crippen LogP contribution in [0.2, 0.25) is 0 Å². The van der Waals surface area contributed by atoms with Crippen LogP contribution in [0.5, 0.6) is 11.5 Å². The average molecular weight is 501 g/mol. The maximum absolute atomic E-state index is 14.1. The van der Waals surface area contributed by atoms with Gasteiger partial charge >= 0.3 is 6.18 Å². The van der Waals surface area contributed by atoms with Crippen molar-refractivity contribution in [1.82, 2.24) is 4.57 Å². The molecule has 1 atom stereocenters. The molecule has 0 spiro atoms. The van der Waals surface area contributed by atoms with Gasteiger partial charge in [-0.1, -0.05) is 0 Å². The summed E-state index contributed by atoms with van der Waals surface area (Å²) in [6, 6.07) is 9.10. The van der Waals surface area contributed by atoms with E-state index in [4.69, 9.17) is 9.47 Å². The van der Waals surface area contributed by atoms with Crippen LogP contribution >= 0.6 is 0 Å². The predicted octanol–water partition coefficient (Wildman–Crippen LogP) is 4.60. The minimum Gasteiger partial charge on any atom is -0.497 e. The van der Waals surface area contributed by atoms with Gasteiger partial charge in [-0.25, -0.2) is 0 Å². The minimum absolute atomic E-state index is 0.00800. The van der Waals surface area contributed by atoms with Crippen molar-refractivity contribution in [3.63, 3.8) is 0 Å². The number of hydrogen-bond acceptors (Lipinski definition) is 5. The van der Waals surface area contributed by atoms with E-state index in [-0.39, 0.29) is 16.6 Å². The normalized spacial score (nSPS) is 17.4. The summed E-state index contributed by atoms with van der Waals surface area (Å²) in [4.78, 5) is 15.4. The van der Waals surface area contributed by atoms with Crippen molar-refractivity contribution in [2.45, 2.75) is 38.0 Å². The molecule has 1 saturated heterocycles. The molecule has 3 aromatic rings. The Kier molecular flexibility index (Phi) is 6.20. The van der Waals surface area contributed by atoms with Crippen molar-refractivity contribution >= 4 is 5.69 Å². The van der Waals surface area contributed by atoms with Gasteiger partial charge in [0, 0.05) is 65.6 Å². The molecule has 1 N–H and O–H groups in total. The number of halogens is 3. The van der Waals surface area contributed by atoms with Crippen molar-refractivity contribution in [3.05, 3.63) is 69.6 Å². The number of fused-ring (bicyclic) bond motifs is 1. The van der Waals surface area contributed by atoms with E-state index in [1.807, 2.05) is 4.90 Å². The fourth-order valence-electron chi connectivity index (χ4n) is 5.20. The van der Waals surface area contributed by atoms with E-state index in [9.17, 15) is 23.1 Å². The number of nitrogens with zero attached hydrogens (tertiary/aromatic N) is 2. The lowest BCUT2D eigenvalue weighted by atomic mass is 9.97. The molecule has 1 fully saturated rings. The zero-order chi connectivity index (χ0) is 25.6. The van der Waals surface area contributed by atoms with Crippen molar-refractivity contribution in [1.29, 1.82) is 0 Å². The van der Waals surface area contributed by atoms with Crippen LogP contribution in [0, 0.1) is 0 Å². The first-order valence-corrected chi connectivity index (χ1v) is 11.8. The molecule has 6 nitrogen and oxygen atoms in total. The van der Waals surface area contributed by atoms with Gasteiger partial charge in [-0.15, -0.1) is 0 Å². The van der Waals surface area contributed by atoms with Crippen LogP contribution in [-0.4, -0.2) is 43.1 Å². The molecule has 1 aromatic heterocycles. The first-order valence-electron chi connectivity index (χ1n) is 11.8. The van der Waals surface area contributed by atoms with E-state index in [2.05, 4.69) is 0 Å². The summed E-state index contributed by atoms with van der Waals surface area (Å²) < 4.78 is 55.0. The Labute approximate surface area is 206 Å². The number of alkyl halides is 3. The van der Waals surface area contributed by atoms with E-state index in [0.717, 1.165) is 18.2 Å². The summed E-state index contributed by atoms with van der Waals surface area (Å²) in [7, 11) is 3.05. The second-order valence-corrected chi connectivity index (χ2v) is 9.21. The zero-order valence-corrected chi connectivity index (χ0v) is 20.1. The molecule has 2 aromatic carbocycles. The maximum Gasteiger partial charge on any atom is 0.417 e. The zero-order valence-electron chi connectivity index (χ0n) is 20.1. The van der Waals surface area contributed by atoms with Gasteiger partial charge in [-0.3, -0.25) is 4.79 Å². The molecule has 5 rings (SSSR count). The maximum atomic E-state index is 14.1. The molecule has 2 heterocycles. The summed E-state index contributed by atoms with van der Waals surface area (Å²) >= 11 is 0. The van der Waals surface area contributed by atoms with Gasteiger partial charge in [0.1, 0.15) is 11.5 Å². The van der Waals surface area contributed by atoms with E-state index >= 15 is 0 Å². The van der Waals surface area contributed by atoms with Gasteiger partial charge in [-0.2, -0.15) is 13.2 Å². The van der Waals surface area contributed by atoms with Crippen molar-refractivity contribution in [2.75, 3.05) is 32.2 Å². The summed E-state index contributed by atoms with van der Waals surface area (Å²) in [5, 5.41) is 9.93. The molecule has 9 heteroatoms. The lowest BCUT2D eigenvalue weighted by Crippen LogP contribution is -2.22. The lowest BCUT2D eigenvalue weighted by molar-refractivity contribution is -0.137. The highest BCUT2D eigenvalue weighted by atomic mass is 19.4. The first-order chi connectivity index (χ1) is 17.2. The highest BCUT2D eigenvalue weighted by Gasteiger charge is 2.36. The molecular formula is C27H27F3N2O4. The van der Waals surface area contributed by atoms with E-state index in [1.54, 1.807) is 22.8 Å². The molecule has 1 unspecified atom stereocenters. The summed E-state index contributed by atoms with van der Waals surface area (Å²) in [6.45, 7) is 0.868. The Hall–Kier alpha value is -3.46. The Morgan fingerprint density at radius 2 is 1.69 bits per heavy atom. The quantitative estimate of drug-likeness (QED) is 0.555. The van der Waals surface area contributed by atoms with E-state index < -0.39 is 17.8 Å². The minimum atomic E-state index is -4.64. The third kappa shape index (κ3) is 4.32. The number of aliphatic hydroxyl groups excluding tert-OH is 1. The number of ether oxygens (including phenoxy) is 2. The first kappa shape index (κ1) is 24.2. The van der Waals surface area contributed by atoms with Crippen LogP contribution in [0.1, 0.15) is 29.7 Å². The highest BCUT2D eigenvalue weighted by molar-refractivity contribution is 5.74. The van der Waals surface area contributed by atoms with E-state index in [0.29, 0.717) is 60.8 Å². The lowest BCUT2D eigenvalue weighted by Gasteiger charge is -2.22. The second-order valence-electron chi connectivity index (χ2n) is 9.21. The highest BCUT2D eigenvalue weighted by Crippen LogP contribution is 2.40. The van der Waals surface area contributed by atoms with Crippen LogP contribution in [0.15, 0.2) is 47.4 Å². The summed E-state index contributed by atoms with van der Waals surface area (Å²) in [5.41, 5.74) is 1.09. The van der Waals surface area contributed by atoms with Crippen LogP contribution in [0.4, 0.5) is 18.9 Å². The smallest absolute Gasteiger partial charge is 0.417 e. The molecule has 1 aliphatic carbocycles. The molecule has 1 aliphatic heterocycles. The molecule has 0 saturated carbocycles. The number of anilines is 1. The average Bonchev–Trinajstić information content (AvgIpc) is 3.53. The standard InChI is InChI=1S/C27H27F3N2O4/c1-35-19-10-17(11-20(13-19)36-2)32-15-23(26(34)21-4-3-5-25(21)32)22-12-16(31-9-8-18(33)14-31)6-7-24(22)27(28,29)30/h6-7,10-13,15,18,33H,3-5,8-9,14H2,1-2H3. The molecule has 2 aliphatic rings. The molecule has 0 amide bonds. The third-order valence-electron chi connectivity index (χ3n) is 7.00. The molecule has 0 radical (unpaired) electrons. The predicted molar refractivity (Wildman–Crippen MR) is 130 cm³/mol. The van der Waals surface area contributed by atoms with E-state index in [1.165, 1.54) is 32.5 Å². The Balaban J connectivity index is 1.75. The number of rotatable bonds is 5.